The van der Waals surface area contributed by atoms with Gasteiger partial charge in [0.1, 0.15) is 10.7 Å². The highest BCUT2D eigenvalue weighted by Crippen LogP contribution is 2.15. The van der Waals surface area contributed by atoms with Crippen molar-refractivity contribution < 1.29 is 9.53 Å². The fourth-order valence-electron chi connectivity index (χ4n) is 1.64. The second-order valence-corrected chi connectivity index (χ2v) is 4.52. The zero-order chi connectivity index (χ0) is 15.1. The largest absolute Gasteiger partial charge is 0.494 e. The van der Waals surface area contributed by atoms with Crippen LogP contribution in [0.4, 0.5) is 10.5 Å². The van der Waals surface area contributed by atoms with Crippen LogP contribution in [-0.4, -0.2) is 22.6 Å². The molecule has 0 aliphatic carbocycles. The molecule has 0 spiro atoms. The van der Waals surface area contributed by atoms with Crippen molar-refractivity contribution in [3.05, 3.63) is 54.4 Å². The van der Waals surface area contributed by atoms with E-state index in [2.05, 4.69) is 15.6 Å². The van der Waals surface area contributed by atoms with Crippen LogP contribution in [0.25, 0.3) is 0 Å². The van der Waals surface area contributed by atoms with E-state index in [1.54, 1.807) is 48.8 Å². The van der Waals surface area contributed by atoms with Crippen LogP contribution in [0.15, 0.2) is 48.8 Å². The Hall–Kier alpha value is -2.47. The van der Waals surface area contributed by atoms with Crippen LogP contribution in [0.1, 0.15) is 12.5 Å². The second-order valence-electron chi connectivity index (χ2n) is 4.11. The van der Waals surface area contributed by atoms with Crippen molar-refractivity contribution in [2.75, 3.05) is 11.9 Å². The van der Waals surface area contributed by atoms with Gasteiger partial charge in [-0.15, -0.1) is 0 Å². The van der Waals surface area contributed by atoms with Crippen molar-refractivity contribution in [2.24, 2.45) is 0 Å². The van der Waals surface area contributed by atoms with Crippen LogP contribution >= 0.6 is 12.2 Å². The van der Waals surface area contributed by atoms with Crippen LogP contribution in [0.2, 0.25) is 0 Å². The van der Waals surface area contributed by atoms with Crippen LogP contribution in [-0.2, 0) is 0 Å². The smallest absolute Gasteiger partial charge is 0.324 e. The van der Waals surface area contributed by atoms with Gasteiger partial charge in [-0.1, -0.05) is 12.2 Å². The third-order valence-electron chi connectivity index (χ3n) is 2.57. The van der Waals surface area contributed by atoms with Gasteiger partial charge in [0.15, 0.2) is 0 Å². The molecule has 108 valence electrons. The molecule has 0 fully saturated rings. The molecule has 0 atom stereocenters. The van der Waals surface area contributed by atoms with Crippen LogP contribution < -0.4 is 15.4 Å². The maximum absolute atomic E-state index is 11.8. The van der Waals surface area contributed by atoms with Gasteiger partial charge in [-0.2, -0.15) is 0 Å². The molecule has 5 nitrogen and oxygen atoms in total. The van der Waals surface area contributed by atoms with E-state index in [0.717, 1.165) is 5.75 Å². The standard InChI is InChI=1S/C15H15N3O2S/c1-2-20-13-7-5-12(6-8-13)17-15(19)18-14(21)11-4-3-9-16-10-11/h3-10H,2H2,1H3,(H2,17,18,19,21). The lowest BCUT2D eigenvalue weighted by Gasteiger charge is -2.09. The van der Waals surface area contributed by atoms with Gasteiger partial charge in [-0.3, -0.25) is 10.3 Å². The number of benzene rings is 1. The monoisotopic (exact) mass is 301 g/mol. The maximum atomic E-state index is 11.8. The van der Waals surface area contributed by atoms with E-state index in [0.29, 0.717) is 22.8 Å². The highest BCUT2D eigenvalue weighted by atomic mass is 32.1. The number of nitrogens with one attached hydrogen (secondary N) is 2. The molecule has 1 aromatic carbocycles. The Kier molecular flexibility index (Phi) is 5.22. The van der Waals surface area contributed by atoms with Gasteiger partial charge >= 0.3 is 6.03 Å². The molecule has 2 amide bonds. The highest BCUT2D eigenvalue weighted by Gasteiger charge is 2.06. The Balaban J connectivity index is 1.91. The normalized spacial score (nSPS) is 9.76. The molecule has 0 saturated carbocycles. The van der Waals surface area contributed by atoms with Crippen molar-refractivity contribution in [3.8, 4) is 5.75 Å². The number of amides is 2. The Morgan fingerprint density at radius 3 is 2.67 bits per heavy atom. The summed E-state index contributed by atoms with van der Waals surface area (Å²) < 4.78 is 5.33. The minimum absolute atomic E-state index is 0.325. The molecule has 2 aromatic rings. The number of hydrogen-bond acceptors (Lipinski definition) is 4. The zero-order valence-electron chi connectivity index (χ0n) is 11.5. The molecule has 0 saturated heterocycles. The molecular formula is C15H15N3O2S. The summed E-state index contributed by atoms with van der Waals surface area (Å²) in [5, 5.41) is 5.29. The zero-order valence-corrected chi connectivity index (χ0v) is 12.3. The Labute approximate surface area is 128 Å². The number of carbonyl (C=O) groups is 1. The fraction of sp³-hybridized carbons (Fsp3) is 0.133. The van der Waals surface area contributed by atoms with Gasteiger partial charge in [0.2, 0.25) is 0 Å². The van der Waals surface area contributed by atoms with Gasteiger partial charge in [-0.25, -0.2) is 4.79 Å². The van der Waals surface area contributed by atoms with E-state index in [1.807, 2.05) is 6.92 Å². The van der Waals surface area contributed by atoms with E-state index < -0.39 is 6.03 Å². The summed E-state index contributed by atoms with van der Waals surface area (Å²) in [4.78, 5) is 16.1. The quantitative estimate of drug-likeness (QED) is 0.852. The lowest BCUT2D eigenvalue weighted by molar-refractivity contribution is 0.256. The second kappa shape index (κ2) is 7.35. The molecule has 0 unspecified atom stereocenters. The highest BCUT2D eigenvalue weighted by molar-refractivity contribution is 7.80. The first-order valence-electron chi connectivity index (χ1n) is 6.44. The van der Waals surface area contributed by atoms with Crippen molar-refractivity contribution in [1.82, 2.24) is 10.3 Å². The van der Waals surface area contributed by atoms with Crippen molar-refractivity contribution in [3.63, 3.8) is 0 Å². The molecule has 2 rings (SSSR count). The number of aromatic nitrogens is 1. The van der Waals surface area contributed by atoms with E-state index in [4.69, 9.17) is 17.0 Å². The summed E-state index contributed by atoms with van der Waals surface area (Å²) in [6, 6.07) is 10.3. The van der Waals surface area contributed by atoms with Gasteiger partial charge in [-0.05, 0) is 43.3 Å². The minimum Gasteiger partial charge on any atom is -0.494 e. The summed E-state index contributed by atoms with van der Waals surface area (Å²) in [6.45, 7) is 2.52. The first-order chi connectivity index (χ1) is 10.2. The molecule has 0 radical (unpaired) electrons. The summed E-state index contributed by atoms with van der Waals surface area (Å²) in [5.41, 5.74) is 1.35. The Morgan fingerprint density at radius 2 is 2.05 bits per heavy atom. The summed E-state index contributed by atoms with van der Waals surface area (Å²) in [6.07, 6.45) is 3.24. The van der Waals surface area contributed by atoms with Gasteiger partial charge in [0.05, 0.1) is 6.61 Å². The number of ether oxygens (including phenoxy) is 1. The average Bonchev–Trinajstić information content (AvgIpc) is 2.50. The van der Waals surface area contributed by atoms with E-state index >= 15 is 0 Å². The van der Waals surface area contributed by atoms with Gasteiger partial charge < -0.3 is 10.1 Å². The summed E-state index contributed by atoms with van der Waals surface area (Å²) >= 11 is 5.14. The van der Waals surface area contributed by atoms with Crippen LogP contribution in [0.5, 0.6) is 5.75 Å². The molecule has 2 N–H and O–H groups in total. The number of thiocarbonyl (C=S) groups is 1. The molecule has 1 aromatic heterocycles. The number of carbonyl (C=O) groups excluding carboxylic acids is 1. The lowest BCUT2D eigenvalue weighted by atomic mass is 10.3. The number of nitrogens with zero attached hydrogens (tertiary/aromatic N) is 1. The first kappa shape index (κ1) is 14.9. The number of hydrogen-bond donors (Lipinski definition) is 2. The average molecular weight is 301 g/mol. The molecule has 21 heavy (non-hydrogen) atoms. The van der Waals surface area contributed by atoms with Gasteiger partial charge in [0, 0.05) is 23.6 Å². The number of anilines is 1. The van der Waals surface area contributed by atoms with E-state index in [9.17, 15) is 4.79 Å². The lowest BCUT2D eigenvalue weighted by Crippen LogP contribution is -2.33. The minimum atomic E-state index is -0.395. The number of pyridine rings is 1. The number of rotatable bonds is 4. The predicted molar refractivity (Wildman–Crippen MR) is 85.7 cm³/mol. The SMILES string of the molecule is CCOc1ccc(NC(=O)NC(=S)c2cccnc2)cc1. The molecule has 1 heterocycles. The topological polar surface area (TPSA) is 63.2 Å². The molecular weight excluding hydrogens is 286 g/mol. The Bertz CT molecular complexity index is 615. The van der Waals surface area contributed by atoms with Crippen molar-refractivity contribution in [2.45, 2.75) is 6.92 Å². The molecule has 0 aliphatic rings. The summed E-state index contributed by atoms with van der Waals surface area (Å²) in [7, 11) is 0. The predicted octanol–water partition coefficient (Wildman–Crippen LogP) is 2.98. The van der Waals surface area contributed by atoms with Crippen molar-refractivity contribution >= 4 is 28.9 Å². The van der Waals surface area contributed by atoms with Crippen LogP contribution in [0.3, 0.4) is 0 Å². The van der Waals surface area contributed by atoms with E-state index in [-0.39, 0.29) is 0 Å². The number of urea groups is 1. The van der Waals surface area contributed by atoms with Crippen LogP contribution in [0, 0.1) is 0 Å². The van der Waals surface area contributed by atoms with Crippen molar-refractivity contribution in [1.29, 1.82) is 0 Å². The van der Waals surface area contributed by atoms with E-state index in [1.165, 1.54) is 0 Å². The summed E-state index contributed by atoms with van der Waals surface area (Å²) in [5.74, 6) is 0.759. The Morgan fingerprint density at radius 1 is 1.29 bits per heavy atom. The third kappa shape index (κ3) is 4.54. The molecule has 6 heteroatoms. The first-order valence-corrected chi connectivity index (χ1v) is 6.85. The molecule has 0 aliphatic heterocycles. The maximum Gasteiger partial charge on any atom is 0.324 e. The third-order valence-corrected chi connectivity index (χ3v) is 2.91. The van der Waals surface area contributed by atoms with Gasteiger partial charge in [0.25, 0.3) is 0 Å². The molecule has 0 bridgehead atoms. The fourth-order valence-corrected chi connectivity index (χ4v) is 1.85.